The van der Waals surface area contributed by atoms with Crippen LogP contribution in [-0.4, -0.2) is 37.8 Å². The van der Waals surface area contributed by atoms with E-state index in [9.17, 15) is 13.2 Å². The minimum Gasteiger partial charge on any atom is -0.468 e. The molecule has 1 aromatic heterocycles. The van der Waals surface area contributed by atoms with Gasteiger partial charge < -0.3 is 4.74 Å². The summed E-state index contributed by atoms with van der Waals surface area (Å²) in [5.74, 6) is -0.693. The maximum Gasteiger partial charge on any atom is 0.320 e. The van der Waals surface area contributed by atoms with E-state index in [4.69, 9.17) is 11.6 Å². The van der Waals surface area contributed by atoms with E-state index in [1.807, 2.05) is 4.72 Å². The smallest absolute Gasteiger partial charge is 0.320 e. The summed E-state index contributed by atoms with van der Waals surface area (Å²) >= 11 is 5.66. The Kier molecular flexibility index (Phi) is 3.89. The molecule has 0 fully saturated rings. The summed E-state index contributed by atoms with van der Waals surface area (Å²) < 4.78 is 30.8. The second-order valence-electron chi connectivity index (χ2n) is 2.82. The van der Waals surface area contributed by atoms with Gasteiger partial charge in [-0.05, 0) is 0 Å². The van der Waals surface area contributed by atoms with E-state index in [2.05, 4.69) is 9.84 Å². The van der Waals surface area contributed by atoms with Gasteiger partial charge in [0.15, 0.2) is 5.03 Å². The number of esters is 1. The van der Waals surface area contributed by atoms with Crippen molar-refractivity contribution in [3.05, 3.63) is 11.2 Å². The Morgan fingerprint density at radius 2 is 2.31 bits per heavy atom. The van der Waals surface area contributed by atoms with Crippen LogP contribution in [0.1, 0.15) is 0 Å². The normalized spacial score (nSPS) is 11.4. The molecule has 16 heavy (non-hydrogen) atoms. The summed E-state index contributed by atoms with van der Waals surface area (Å²) in [5.41, 5.74) is 0. The molecule has 0 aliphatic rings. The number of rotatable bonds is 4. The molecule has 1 N–H and O–H groups in total. The molecule has 1 heterocycles. The molecule has 0 atom stereocenters. The largest absolute Gasteiger partial charge is 0.468 e. The summed E-state index contributed by atoms with van der Waals surface area (Å²) in [6, 6.07) is 0. The van der Waals surface area contributed by atoms with E-state index in [1.54, 1.807) is 0 Å². The zero-order valence-corrected chi connectivity index (χ0v) is 10.2. The Labute approximate surface area is 97.4 Å². The number of nitrogens with zero attached hydrogens (tertiary/aromatic N) is 2. The highest BCUT2D eigenvalue weighted by Gasteiger charge is 2.23. The van der Waals surface area contributed by atoms with Crippen molar-refractivity contribution in [1.29, 1.82) is 0 Å². The number of sulfonamides is 1. The molecule has 9 heteroatoms. The third-order valence-corrected chi connectivity index (χ3v) is 3.64. The van der Waals surface area contributed by atoms with Crippen LogP contribution in [0, 0.1) is 0 Å². The Morgan fingerprint density at radius 3 is 2.75 bits per heavy atom. The molecule has 0 saturated heterocycles. The molecule has 0 radical (unpaired) electrons. The molecular weight excluding hydrogens is 258 g/mol. The van der Waals surface area contributed by atoms with Crippen LogP contribution in [0.3, 0.4) is 0 Å². The lowest BCUT2D eigenvalue weighted by molar-refractivity contribution is -0.139. The summed E-state index contributed by atoms with van der Waals surface area (Å²) in [5, 5.41) is 3.47. The van der Waals surface area contributed by atoms with Gasteiger partial charge in [-0.1, -0.05) is 11.6 Å². The molecule has 0 bridgehead atoms. The Balaban J connectivity index is 2.91. The van der Waals surface area contributed by atoms with E-state index in [0.29, 0.717) is 0 Å². The van der Waals surface area contributed by atoms with Crippen LogP contribution in [0.15, 0.2) is 11.2 Å². The average Bonchev–Trinajstić information content (AvgIpc) is 2.55. The number of carbonyl (C=O) groups excluding carboxylic acids is 1. The van der Waals surface area contributed by atoms with Gasteiger partial charge in [0.1, 0.15) is 6.54 Å². The SMILES string of the molecule is COC(=O)CNS(=O)(=O)c1c(Cl)cnn1C. The number of halogens is 1. The van der Waals surface area contributed by atoms with Crippen molar-refractivity contribution in [1.82, 2.24) is 14.5 Å². The first-order valence-corrected chi connectivity index (χ1v) is 5.98. The van der Waals surface area contributed by atoms with Crippen molar-refractivity contribution in [3.8, 4) is 0 Å². The Bertz CT molecular complexity index is 476. The maximum atomic E-state index is 11.7. The highest BCUT2D eigenvalue weighted by molar-refractivity contribution is 7.89. The first-order valence-electron chi connectivity index (χ1n) is 4.12. The molecule has 0 aliphatic carbocycles. The van der Waals surface area contributed by atoms with Gasteiger partial charge in [0.2, 0.25) is 0 Å². The van der Waals surface area contributed by atoms with Gasteiger partial charge in [0.25, 0.3) is 10.0 Å². The highest BCUT2D eigenvalue weighted by Crippen LogP contribution is 2.19. The predicted molar refractivity (Wildman–Crippen MR) is 55.4 cm³/mol. The number of hydrogen-bond acceptors (Lipinski definition) is 5. The standard InChI is InChI=1S/C7H10ClN3O4S/c1-11-7(5(8)3-9-11)16(13,14)10-4-6(12)15-2/h3,10H,4H2,1-2H3. The van der Waals surface area contributed by atoms with Gasteiger partial charge in [-0.2, -0.15) is 9.82 Å². The zero-order chi connectivity index (χ0) is 12.3. The van der Waals surface area contributed by atoms with Gasteiger partial charge in [-0.25, -0.2) is 8.42 Å². The fraction of sp³-hybridized carbons (Fsp3) is 0.429. The van der Waals surface area contributed by atoms with Crippen molar-refractivity contribution in [3.63, 3.8) is 0 Å². The van der Waals surface area contributed by atoms with E-state index < -0.39 is 22.5 Å². The van der Waals surface area contributed by atoms with Gasteiger partial charge in [0, 0.05) is 7.05 Å². The van der Waals surface area contributed by atoms with Gasteiger partial charge in [-0.3, -0.25) is 9.48 Å². The molecular formula is C7H10ClN3O4S. The minimum absolute atomic E-state index is 0.0140. The lowest BCUT2D eigenvalue weighted by Crippen LogP contribution is -2.31. The maximum absolute atomic E-state index is 11.7. The molecule has 0 aromatic carbocycles. The van der Waals surface area contributed by atoms with E-state index in [1.165, 1.54) is 13.2 Å². The molecule has 0 aliphatic heterocycles. The molecule has 90 valence electrons. The van der Waals surface area contributed by atoms with Gasteiger partial charge >= 0.3 is 5.97 Å². The lowest BCUT2D eigenvalue weighted by atomic mass is 10.7. The summed E-state index contributed by atoms with van der Waals surface area (Å²) in [4.78, 5) is 10.8. The molecule has 1 aromatic rings. The molecule has 0 amide bonds. The van der Waals surface area contributed by atoms with Crippen molar-refractivity contribution in [2.75, 3.05) is 13.7 Å². The van der Waals surface area contributed by atoms with E-state index in [0.717, 1.165) is 11.8 Å². The Morgan fingerprint density at radius 1 is 1.69 bits per heavy atom. The molecule has 0 saturated carbocycles. The fourth-order valence-electron chi connectivity index (χ4n) is 0.996. The van der Waals surface area contributed by atoms with Crippen molar-refractivity contribution in [2.45, 2.75) is 5.03 Å². The summed E-state index contributed by atoms with van der Waals surface area (Å²) in [6.07, 6.45) is 1.20. The van der Waals surface area contributed by atoms with Crippen LogP contribution in [0.5, 0.6) is 0 Å². The summed E-state index contributed by atoms with van der Waals surface area (Å²) in [7, 11) is -1.28. The van der Waals surface area contributed by atoms with Crippen LogP contribution < -0.4 is 4.72 Å². The van der Waals surface area contributed by atoms with E-state index in [-0.39, 0.29) is 10.0 Å². The highest BCUT2D eigenvalue weighted by atomic mass is 35.5. The van der Waals surface area contributed by atoms with Crippen LogP contribution in [0.2, 0.25) is 5.02 Å². The monoisotopic (exact) mass is 267 g/mol. The van der Waals surface area contributed by atoms with E-state index >= 15 is 0 Å². The topological polar surface area (TPSA) is 90.3 Å². The number of methoxy groups -OCH3 is 1. The van der Waals surface area contributed by atoms with Crippen LogP contribution in [0.4, 0.5) is 0 Å². The lowest BCUT2D eigenvalue weighted by Gasteiger charge is -2.06. The second-order valence-corrected chi connectivity index (χ2v) is 4.91. The van der Waals surface area contributed by atoms with Gasteiger partial charge in [0.05, 0.1) is 18.3 Å². The van der Waals surface area contributed by atoms with Crippen molar-refractivity contribution in [2.24, 2.45) is 7.05 Å². The number of nitrogens with one attached hydrogen (secondary N) is 1. The molecule has 1 rings (SSSR count). The van der Waals surface area contributed by atoms with Crippen LogP contribution in [-0.2, 0) is 26.6 Å². The fourth-order valence-corrected chi connectivity index (χ4v) is 2.62. The van der Waals surface area contributed by atoms with Crippen molar-refractivity contribution < 1.29 is 17.9 Å². The average molecular weight is 268 g/mol. The number of ether oxygens (including phenoxy) is 1. The number of hydrogen-bond donors (Lipinski definition) is 1. The molecule has 7 nitrogen and oxygen atoms in total. The molecule has 0 unspecified atom stereocenters. The first kappa shape index (κ1) is 12.9. The zero-order valence-electron chi connectivity index (χ0n) is 8.60. The molecule has 0 spiro atoms. The van der Waals surface area contributed by atoms with Crippen LogP contribution in [0.25, 0.3) is 0 Å². The second kappa shape index (κ2) is 4.81. The van der Waals surface area contributed by atoms with Crippen LogP contribution >= 0.6 is 11.6 Å². The number of aryl methyl sites for hydroxylation is 1. The summed E-state index contributed by atoms with van der Waals surface area (Å²) in [6.45, 7) is -0.458. The van der Waals surface area contributed by atoms with Crippen molar-refractivity contribution >= 4 is 27.6 Å². The third-order valence-electron chi connectivity index (χ3n) is 1.73. The Hall–Kier alpha value is -1.12. The first-order chi connectivity index (χ1) is 7.38. The van der Waals surface area contributed by atoms with Gasteiger partial charge in [-0.15, -0.1) is 0 Å². The number of carbonyl (C=O) groups is 1. The third kappa shape index (κ3) is 2.71. The predicted octanol–water partition coefficient (Wildman–Crippen LogP) is -0.475. The quantitative estimate of drug-likeness (QED) is 0.745. The minimum atomic E-state index is -3.87. The number of aromatic nitrogens is 2.